The Bertz CT molecular complexity index is 525. The van der Waals surface area contributed by atoms with Gasteiger partial charge < -0.3 is 14.5 Å². The third-order valence-electron chi connectivity index (χ3n) is 3.99. The fraction of sp³-hybridized carbons (Fsp3) is 0.667. The second-order valence-electron chi connectivity index (χ2n) is 6.35. The normalized spacial score (nSPS) is 13.8. The quantitative estimate of drug-likeness (QED) is 0.337. The van der Waals surface area contributed by atoms with Crippen molar-refractivity contribution < 1.29 is 19.1 Å². The summed E-state index contributed by atoms with van der Waals surface area (Å²) in [6.07, 6.45) is 9.23. The van der Waals surface area contributed by atoms with E-state index in [-0.39, 0.29) is 16.9 Å². The molecule has 0 amide bonds. The number of phenolic OH excluding ortho intramolecular Hbond substituents is 1. The van der Waals surface area contributed by atoms with Gasteiger partial charge >= 0.3 is 7.60 Å². The molecule has 138 valence electrons. The van der Waals surface area contributed by atoms with Crippen LogP contribution in [0.5, 0.6) is 5.75 Å². The number of hydrogen-bond acceptors (Lipinski definition) is 3. The van der Waals surface area contributed by atoms with Crippen LogP contribution in [0.1, 0.15) is 69.4 Å². The number of aromatic hydroxyl groups is 1. The van der Waals surface area contributed by atoms with E-state index in [9.17, 15) is 14.6 Å². The number of halogens is 1. The molecule has 1 rings (SSSR count). The van der Waals surface area contributed by atoms with E-state index in [0.29, 0.717) is 17.7 Å². The third kappa shape index (κ3) is 8.53. The molecule has 1 aromatic carbocycles. The molecule has 1 unspecified atom stereocenters. The smallest absolute Gasteiger partial charge is 0.332 e. The first-order valence-corrected chi connectivity index (χ1v) is 10.9. The van der Waals surface area contributed by atoms with Crippen LogP contribution in [0.2, 0.25) is 5.02 Å². The van der Waals surface area contributed by atoms with Crippen LogP contribution in [0.15, 0.2) is 12.1 Å². The van der Waals surface area contributed by atoms with Crippen molar-refractivity contribution in [3.8, 4) is 5.75 Å². The van der Waals surface area contributed by atoms with Crippen LogP contribution in [-0.2, 0) is 15.3 Å². The highest BCUT2D eigenvalue weighted by atomic mass is 35.5. The lowest BCUT2D eigenvalue weighted by molar-refractivity contribution is 0.251. The lowest BCUT2D eigenvalue weighted by atomic mass is 10.1. The Hall–Kier alpha value is -0.540. The van der Waals surface area contributed by atoms with Crippen LogP contribution in [0, 0.1) is 6.92 Å². The van der Waals surface area contributed by atoms with Crippen molar-refractivity contribution in [3.63, 3.8) is 0 Å². The summed E-state index contributed by atoms with van der Waals surface area (Å²) in [5.74, 6) is 0.00745. The molecule has 2 N–H and O–H groups in total. The molecule has 0 aliphatic rings. The van der Waals surface area contributed by atoms with Gasteiger partial charge in [0.2, 0.25) is 0 Å². The van der Waals surface area contributed by atoms with E-state index >= 15 is 0 Å². The van der Waals surface area contributed by atoms with E-state index < -0.39 is 7.60 Å². The van der Waals surface area contributed by atoms with Crippen molar-refractivity contribution in [3.05, 3.63) is 28.3 Å². The zero-order valence-corrected chi connectivity index (χ0v) is 16.4. The Morgan fingerprint density at radius 3 is 2.25 bits per heavy atom. The average Bonchev–Trinajstić information content (AvgIpc) is 2.50. The van der Waals surface area contributed by atoms with Gasteiger partial charge in [-0.05, 0) is 30.5 Å². The summed E-state index contributed by atoms with van der Waals surface area (Å²) in [6.45, 7) is 4.21. The zero-order chi connectivity index (χ0) is 18.0. The fourth-order valence-corrected chi connectivity index (χ4v) is 4.06. The summed E-state index contributed by atoms with van der Waals surface area (Å²) < 4.78 is 17.3. The first kappa shape index (κ1) is 21.5. The van der Waals surface area contributed by atoms with Crippen molar-refractivity contribution >= 4 is 19.2 Å². The minimum Gasteiger partial charge on any atom is -0.506 e. The van der Waals surface area contributed by atoms with Crippen LogP contribution in [0.4, 0.5) is 0 Å². The minimum atomic E-state index is -3.68. The number of hydrogen-bond donors (Lipinski definition) is 2. The molecule has 1 aromatic rings. The van der Waals surface area contributed by atoms with E-state index in [1.54, 1.807) is 13.0 Å². The molecule has 1 atom stereocenters. The summed E-state index contributed by atoms with van der Waals surface area (Å²) in [7, 11) is -3.68. The van der Waals surface area contributed by atoms with E-state index in [2.05, 4.69) is 6.92 Å². The lowest BCUT2D eigenvalue weighted by Crippen LogP contribution is -1.97. The van der Waals surface area contributed by atoms with Gasteiger partial charge in [-0.25, -0.2) is 0 Å². The largest absolute Gasteiger partial charge is 0.506 e. The first-order valence-electron chi connectivity index (χ1n) is 8.80. The van der Waals surface area contributed by atoms with Gasteiger partial charge in [0.1, 0.15) is 5.75 Å². The Morgan fingerprint density at radius 1 is 1.08 bits per heavy atom. The monoisotopic (exact) mass is 376 g/mol. The second-order valence-corrected chi connectivity index (χ2v) is 8.60. The standard InChI is InChI=1S/C18H30ClO4P/c1-3-4-5-6-7-8-9-10-11-23-24(21,22)14-16-12-15(2)18(20)17(19)13-16/h12-13,20H,3-11,14H2,1-2H3,(H,21,22). The van der Waals surface area contributed by atoms with Crippen LogP contribution >= 0.6 is 19.2 Å². The van der Waals surface area contributed by atoms with Gasteiger partial charge in [-0.15, -0.1) is 0 Å². The predicted octanol–water partition coefficient (Wildman–Crippen LogP) is 6.20. The van der Waals surface area contributed by atoms with Crippen LogP contribution in [0.25, 0.3) is 0 Å². The molecule has 0 saturated carbocycles. The molecule has 6 heteroatoms. The van der Waals surface area contributed by atoms with Crippen molar-refractivity contribution in [2.45, 2.75) is 71.4 Å². The van der Waals surface area contributed by atoms with Crippen LogP contribution in [-0.4, -0.2) is 16.6 Å². The highest BCUT2D eigenvalue weighted by Gasteiger charge is 2.21. The number of benzene rings is 1. The van der Waals surface area contributed by atoms with E-state index in [0.717, 1.165) is 19.3 Å². The molecule has 0 aromatic heterocycles. The molecule has 0 radical (unpaired) electrons. The molecule has 0 fully saturated rings. The maximum absolute atomic E-state index is 12.1. The topological polar surface area (TPSA) is 66.8 Å². The van der Waals surface area contributed by atoms with E-state index in [4.69, 9.17) is 16.1 Å². The summed E-state index contributed by atoms with van der Waals surface area (Å²) in [5, 5.41) is 9.81. The fourth-order valence-electron chi connectivity index (χ4n) is 2.62. The van der Waals surface area contributed by atoms with E-state index in [1.807, 2.05) is 0 Å². The molecule has 0 aliphatic carbocycles. The summed E-state index contributed by atoms with van der Waals surface area (Å²) >= 11 is 5.89. The maximum atomic E-state index is 12.1. The molecule has 4 nitrogen and oxygen atoms in total. The van der Waals surface area contributed by atoms with Crippen molar-refractivity contribution in [2.24, 2.45) is 0 Å². The van der Waals surface area contributed by atoms with E-state index in [1.165, 1.54) is 38.2 Å². The molecule has 0 saturated heterocycles. The Labute approximate surface area is 150 Å². The Kier molecular flexibility index (Phi) is 9.99. The van der Waals surface area contributed by atoms with Gasteiger partial charge in [0.15, 0.2) is 0 Å². The summed E-state index contributed by atoms with van der Waals surface area (Å²) in [5.41, 5.74) is 1.18. The Morgan fingerprint density at radius 2 is 1.67 bits per heavy atom. The number of aryl methyl sites for hydroxylation is 1. The van der Waals surface area contributed by atoms with Gasteiger partial charge in [0.25, 0.3) is 0 Å². The van der Waals surface area contributed by atoms with Crippen LogP contribution in [0.3, 0.4) is 0 Å². The molecule has 24 heavy (non-hydrogen) atoms. The highest BCUT2D eigenvalue weighted by Crippen LogP contribution is 2.46. The SMILES string of the molecule is CCCCCCCCCCOP(=O)(O)Cc1cc(C)c(O)c(Cl)c1. The first-order chi connectivity index (χ1) is 11.4. The van der Waals surface area contributed by atoms with Gasteiger partial charge in [0.05, 0.1) is 17.8 Å². The van der Waals surface area contributed by atoms with Gasteiger partial charge in [-0.1, -0.05) is 69.5 Å². The number of phenols is 1. The summed E-state index contributed by atoms with van der Waals surface area (Å²) in [4.78, 5) is 9.95. The molecular weight excluding hydrogens is 347 g/mol. The number of rotatable bonds is 12. The van der Waals surface area contributed by atoms with Gasteiger partial charge in [-0.2, -0.15) is 0 Å². The zero-order valence-electron chi connectivity index (χ0n) is 14.8. The molecule has 0 spiro atoms. The van der Waals surface area contributed by atoms with Crippen LogP contribution < -0.4 is 0 Å². The highest BCUT2D eigenvalue weighted by molar-refractivity contribution is 7.51. The minimum absolute atomic E-state index is 0.00745. The predicted molar refractivity (Wildman–Crippen MR) is 99.9 cm³/mol. The Balaban J connectivity index is 2.26. The summed E-state index contributed by atoms with van der Waals surface area (Å²) in [6, 6.07) is 3.16. The molecular formula is C18H30ClO4P. The third-order valence-corrected chi connectivity index (χ3v) is 5.63. The average molecular weight is 377 g/mol. The molecule has 0 heterocycles. The maximum Gasteiger partial charge on any atom is 0.332 e. The molecule has 0 aliphatic heterocycles. The lowest BCUT2D eigenvalue weighted by Gasteiger charge is -2.13. The molecule has 0 bridgehead atoms. The van der Waals surface area contributed by atoms with Crippen molar-refractivity contribution in [1.82, 2.24) is 0 Å². The van der Waals surface area contributed by atoms with Gasteiger partial charge in [-0.3, -0.25) is 4.57 Å². The van der Waals surface area contributed by atoms with Crippen molar-refractivity contribution in [2.75, 3.05) is 6.61 Å². The van der Waals surface area contributed by atoms with Crippen molar-refractivity contribution in [1.29, 1.82) is 0 Å². The number of unbranched alkanes of at least 4 members (excludes halogenated alkanes) is 7. The second kappa shape index (κ2) is 11.1. The van der Waals surface area contributed by atoms with Gasteiger partial charge in [0, 0.05) is 0 Å².